The van der Waals surface area contributed by atoms with Gasteiger partial charge in [-0.25, -0.2) is 0 Å². The maximum Gasteiger partial charge on any atom is 0.298 e. The van der Waals surface area contributed by atoms with E-state index in [0.29, 0.717) is 16.6 Å². The van der Waals surface area contributed by atoms with E-state index in [1.165, 1.54) is 0 Å². The highest BCUT2D eigenvalue weighted by Crippen LogP contribution is 2.26. The first-order valence-corrected chi connectivity index (χ1v) is 7.08. The van der Waals surface area contributed by atoms with Crippen LogP contribution >= 0.6 is 11.6 Å². The van der Waals surface area contributed by atoms with Crippen LogP contribution in [0.5, 0.6) is 0 Å². The van der Waals surface area contributed by atoms with Crippen molar-refractivity contribution in [3.8, 4) is 0 Å². The lowest BCUT2D eigenvalue weighted by Gasteiger charge is -2.31. The molecule has 1 unspecified atom stereocenters. The second-order valence-corrected chi connectivity index (χ2v) is 5.53. The Morgan fingerprint density at radius 2 is 2.40 bits per heavy atom. The quantitative estimate of drug-likeness (QED) is 0.924. The van der Waals surface area contributed by atoms with Crippen LogP contribution in [0.25, 0.3) is 11.1 Å². The molecule has 6 heteroatoms. The lowest BCUT2D eigenvalue weighted by atomic mass is 10.1. The average Bonchev–Trinajstić information content (AvgIpc) is 2.81. The Morgan fingerprint density at radius 1 is 1.55 bits per heavy atom. The fraction of sp³-hybridized carbons (Fsp3) is 0.429. The maximum atomic E-state index is 11.2. The number of aromatic nitrogens is 1. The van der Waals surface area contributed by atoms with Crippen molar-refractivity contribution in [3.63, 3.8) is 0 Å². The van der Waals surface area contributed by atoms with Gasteiger partial charge in [0.15, 0.2) is 5.58 Å². The standard InChI is InChI=1S/C14H16ClN3O2/c1-9(19)16-11-3-2-6-18(8-11)14-17-12-5-4-10(15)7-13(12)20-14/h4-5,7,11H,2-3,6,8H2,1H3,(H,16,19). The van der Waals surface area contributed by atoms with Crippen molar-refractivity contribution in [2.24, 2.45) is 0 Å². The molecule has 20 heavy (non-hydrogen) atoms. The number of nitrogens with one attached hydrogen (secondary N) is 1. The number of nitrogens with zero attached hydrogens (tertiary/aromatic N) is 2. The van der Waals surface area contributed by atoms with Crippen molar-refractivity contribution in [2.45, 2.75) is 25.8 Å². The van der Waals surface area contributed by atoms with Gasteiger partial charge in [0.1, 0.15) is 5.52 Å². The molecule has 0 bridgehead atoms. The SMILES string of the molecule is CC(=O)NC1CCCN(c2nc3ccc(Cl)cc3o2)C1. The van der Waals surface area contributed by atoms with E-state index in [-0.39, 0.29) is 11.9 Å². The number of piperidine rings is 1. The summed E-state index contributed by atoms with van der Waals surface area (Å²) < 4.78 is 5.76. The van der Waals surface area contributed by atoms with Crippen LogP contribution in [0.2, 0.25) is 5.02 Å². The third-order valence-electron chi connectivity index (χ3n) is 3.44. The Morgan fingerprint density at radius 3 is 3.20 bits per heavy atom. The summed E-state index contributed by atoms with van der Waals surface area (Å²) in [6.07, 6.45) is 1.99. The van der Waals surface area contributed by atoms with Crippen molar-refractivity contribution in [1.82, 2.24) is 10.3 Å². The van der Waals surface area contributed by atoms with E-state index in [2.05, 4.69) is 15.2 Å². The number of halogens is 1. The van der Waals surface area contributed by atoms with Crippen molar-refractivity contribution in [2.75, 3.05) is 18.0 Å². The summed E-state index contributed by atoms with van der Waals surface area (Å²) in [6.45, 7) is 3.15. The second kappa shape index (κ2) is 5.32. The molecule has 0 radical (unpaired) electrons. The van der Waals surface area contributed by atoms with E-state index < -0.39 is 0 Å². The third kappa shape index (κ3) is 2.72. The predicted octanol–water partition coefficient (Wildman–Crippen LogP) is 2.59. The van der Waals surface area contributed by atoms with Crippen molar-refractivity contribution in [3.05, 3.63) is 23.2 Å². The number of amides is 1. The summed E-state index contributed by atoms with van der Waals surface area (Å²) in [5.41, 5.74) is 1.49. The van der Waals surface area contributed by atoms with E-state index in [1.54, 1.807) is 19.1 Å². The zero-order valence-corrected chi connectivity index (χ0v) is 12.0. The Kier molecular flexibility index (Phi) is 3.53. The van der Waals surface area contributed by atoms with Gasteiger partial charge < -0.3 is 14.6 Å². The van der Waals surface area contributed by atoms with Crippen LogP contribution in [0.15, 0.2) is 22.6 Å². The largest absolute Gasteiger partial charge is 0.423 e. The molecule has 0 aliphatic carbocycles. The summed E-state index contributed by atoms with van der Waals surface area (Å²) >= 11 is 5.95. The first-order valence-electron chi connectivity index (χ1n) is 6.70. The van der Waals surface area contributed by atoms with Crippen LogP contribution in [0.3, 0.4) is 0 Å². The van der Waals surface area contributed by atoms with E-state index in [0.717, 1.165) is 31.4 Å². The van der Waals surface area contributed by atoms with Crippen molar-refractivity contribution >= 4 is 34.6 Å². The molecule has 1 N–H and O–H groups in total. The normalized spacial score (nSPS) is 19.3. The molecule has 106 valence electrons. The lowest BCUT2D eigenvalue weighted by molar-refractivity contribution is -0.119. The van der Waals surface area contributed by atoms with E-state index >= 15 is 0 Å². The highest BCUT2D eigenvalue weighted by molar-refractivity contribution is 6.31. The van der Waals surface area contributed by atoms with Gasteiger partial charge in [-0.05, 0) is 25.0 Å². The van der Waals surface area contributed by atoms with Crippen LogP contribution in [-0.4, -0.2) is 30.0 Å². The fourth-order valence-corrected chi connectivity index (χ4v) is 2.74. The highest BCUT2D eigenvalue weighted by Gasteiger charge is 2.23. The Hall–Kier alpha value is -1.75. The molecule has 1 aliphatic rings. The fourth-order valence-electron chi connectivity index (χ4n) is 2.58. The summed E-state index contributed by atoms with van der Waals surface area (Å²) in [6, 6.07) is 6.16. The molecule has 2 aromatic rings. The molecule has 5 nitrogen and oxygen atoms in total. The van der Waals surface area contributed by atoms with E-state index in [4.69, 9.17) is 16.0 Å². The average molecular weight is 294 g/mol. The van der Waals surface area contributed by atoms with Gasteiger partial charge in [-0.1, -0.05) is 11.6 Å². The number of rotatable bonds is 2. The van der Waals surface area contributed by atoms with Gasteiger partial charge in [0, 0.05) is 37.1 Å². The van der Waals surface area contributed by atoms with Crippen molar-refractivity contribution in [1.29, 1.82) is 0 Å². The molecule has 0 spiro atoms. The molecular formula is C14H16ClN3O2. The second-order valence-electron chi connectivity index (χ2n) is 5.09. The number of carbonyl (C=O) groups is 1. The lowest BCUT2D eigenvalue weighted by Crippen LogP contribution is -2.47. The Labute approximate surface area is 121 Å². The Balaban J connectivity index is 1.81. The van der Waals surface area contributed by atoms with Gasteiger partial charge in [0.2, 0.25) is 5.91 Å². The molecule has 1 aromatic carbocycles. The number of carbonyl (C=O) groups excluding carboxylic acids is 1. The molecule has 3 rings (SSSR count). The Bertz CT molecular complexity index is 640. The monoisotopic (exact) mass is 293 g/mol. The molecule has 0 saturated carbocycles. The molecule has 1 atom stereocenters. The smallest absolute Gasteiger partial charge is 0.298 e. The van der Waals surface area contributed by atoms with Crippen LogP contribution in [0.4, 0.5) is 6.01 Å². The molecule has 1 aromatic heterocycles. The van der Waals surface area contributed by atoms with Gasteiger partial charge in [-0.3, -0.25) is 4.79 Å². The van der Waals surface area contributed by atoms with Crippen LogP contribution in [-0.2, 0) is 4.79 Å². The number of anilines is 1. The van der Waals surface area contributed by atoms with Crippen LogP contribution < -0.4 is 10.2 Å². The summed E-state index contributed by atoms with van der Waals surface area (Å²) in [5, 5.41) is 3.59. The van der Waals surface area contributed by atoms with Gasteiger partial charge in [-0.2, -0.15) is 4.98 Å². The first kappa shape index (κ1) is 13.2. The molecule has 1 amide bonds. The van der Waals surface area contributed by atoms with Gasteiger partial charge in [-0.15, -0.1) is 0 Å². The number of benzene rings is 1. The van der Waals surface area contributed by atoms with Gasteiger partial charge >= 0.3 is 0 Å². The van der Waals surface area contributed by atoms with Crippen LogP contribution in [0.1, 0.15) is 19.8 Å². The molecule has 2 heterocycles. The summed E-state index contributed by atoms with van der Waals surface area (Å²) in [7, 11) is 0. The summed E-state index contributed by atoms with van der Waals surface area (Å²) in [4.78, 5) is 17.7. The molecule has 1 aliphatic heterocycles. The minimum absolute atomic E-state index is 0.00111. The zero-order valence-electron chi connectivity index (χ0n) is 11.2. The molecular weight excluding hydrogens is 278 g/mol. The number of hydrogen-bond acceptors (Lipinski definition) is 4. The zero-order chi connectivity index (χ0) is 14.1. The van der Waals surface area contributed by atoms with Gasteiger partial charge in [0.25, 0.3) is 6.01 Å². The topological polar surface area (TPSA) is 58.4 Å². The number of oxazole rings is 1. The minimum atomic E-state index is 0.00111. The predicted molar refractivity (Wildman–Crippen MR) is 78.1 cm³/mol. The maximum absolute atomic E-state index is 11.2. The summed E-state index contributed by atoms with van der Waals surface area (Å²) in [5.74, 6) is 0.00111. The molecule has 1 fully saturated rings. The van der Waals surface area contributed by atoms with E-state index in [9.17, 15) is 4.79 Å². The van der Waals surface area contributed by atoms with E-state index in [1.807, 2.05) is 6.07 Å². The van der Waals surface area contributed by atoms with Crippen molar-refractivity contribution < 1.29 is 9.21 Å². The first-order chi connectivity index (χ1) is 9.61. The number of fused-ring (bicyclic) bond motifs is 1. The van der Waals surface area contributed by atoms with Gasteiger partial charge in [0.05, 0.1) is 0 Å². The third-order valence-corrected chi connectivity index (χ3v) is 3.67. The number of hydrogen-bond donors (Lipinski definition) is 1. The highest BCUT2D eigenvalue weighted by atomic mass is 35.5. The minimum Gasteiger partial charge on any atom is -0.423 e. The molecule has 1 saturated heterocycles. The van der Waals surface area contributed by atoms with Crippen LogP contribution in [0, 0.1) is 0 Å².